The summed E-state index contributed by atoms with van der Waals surface area (Å²) in [5.41, 5.74) is 1.46. The Bertz CT molecular complexity index is 589. The second kappa shape index (κ2) is 8.53. The Kier molecular flexibility index (Phi) is 7.35. The topological polar surface area (TPSA) is 58.4 Å². The van der Waals surface area contributed by atoms with Crippen LogP contribution in [0.25, 0.3) is 10.6 Å². The van der Waals surface area contributed by atoms with E-state index >= 15 is 0 Å². The number of aromatic nitrogens is 1. The van der Waals surface area contributed by atoms with Crippen LogP contribution in [0.5, 0.6) is 0 Å². The van der Waals surface area contributed by atoms with Gasteiger partial charge in [0.05, 0.1) is 6.26 Å². The average molecular weight is 364 g/mol. The van der Waals surface area contributed by atoms with Gasteiger partial charge in [-0.1, -0.05) is 0 Å². The van der Waals surface area contributed by atoms with Crippen molar-refractivity contribution in [3.05, 3.63) is 29.7 Å². The van der Waals surface area contributed by atoms with Crippen molar-refractivity contribution in [2.45, 2.75) is 6.42 Å². The Morgan fingerprint density at radius 3 is 3.05 bits per heavy atom. The first-order chi connectivity index (χ1) is 9.78. The maximum atomic E-state index is 12.4. The lowest BCUT2D eigenvalue weighted by Gasteiger charge is -2.14. The summed E-state index contributed by atoms with van der Waals surface area (Å²) in [7, 11) is 1.95. The molecule has 8 heteroatoms. The third-order valence-corrected chi connectivity index (χ3v) is 4.45. The summed E-state index contributed by atoms with van der Waals surface area (Å²) in [6.45, 7) is 2.60. The van der Waals surface area contributed by atoms with E-state index in [1.807, 2.05) is 23.4 Å². The first-order valence-electron chi connectivity index (χ1n) is 6.70. The summed E-state index contributed by atoms with van der Waals surface area (Å²) in [6.07, 6.45) is 4.32. The second-order valence-electron chi connectivity index (χ2n) is 5.01. The largest absolute Gasteiger partial charge is 0.472 e. The molecule has 1 saturated heterocycles. The van der Waals surface area contributed by atoms with Gasteiger partial charge in [-0.25, -0.2) is 4.98 Å². The smallest absolute Gasteiger partial charge is 0.273 e. The minimum atomic E-state index is 0. The van der Waals surface area contributed by atoms with Crippen molar-refractivity contribution in [2.24, 2.45) is 5.92 Å². The van der Waals surface area contributed by atoms with E-state index < -0.39 is 0 Å². The van der Waals surface area contributed by atoms with Crippen LogP contribution in [0.2, 0.25) is 0 Å². The van der Waals surface area contributed by atoms with E-state index in [9.17, 15) is 4.79 Å². The molecule has 1 fully saturated rings. The van der Waals surface area contributed by atoms with Gasteiger partial charge in [0.15, 0.2) is 0 Å². The number of nitrogens with zero attached hydrogens (tertiary/aromatic N) is 2. The van der Waals surface area contributed by atoms with E-state index in [0.29, 0.717) is 11.6 Å². The molecule has 1 amide bonds. The van der Waals surface area contributed by atoms with Crippen molar-refractivity contribution in [2.75, 3.05) is 26.7 Å². The molecule has 0 saturated carbocycles. The third-order valence-electron chi connectivity index (χ3n) is 3.56. The van der Waals surface area contributed by atoms with Crippen LogP contribution in [-0.2, 0) is 0 Å². The number of carbonyl (C=O) groups excluding carboxylic acids is 1. The number of amides is 1. The zero-order valence-corrected chi connectivity index (χ0v) is 14.6. The summed E-state index contributed by atoms with van der Waals surface area (Å²) in [5, 5.41) is 5.83. The molecule has 3 rings (SSSR count). The zero-order valence-electron chi connectivity index (χ0n) is 12.2. The highest BCUT2D eigenvalue weighted by Gasteiger charge is 2.27. The predicted octanol–water partition coefficient (Wildman–Crippen LogP) is 2.93. The standard InChI is InChI=1S/C14H17N3O2S.2ClH/c1-15-6-10-2-4-17(7-10)14(18)12-9-20-13(16-12)11-3-5-19-8-11;;/h3,5,8-10,15H,2,4,6-7H2,1H3;2*1H. The van der Waals surface area contributed by atoms with Crippen molar-refractivity contribution in [3.63, 3.8) is 0 Å². The number of rotatable bonds is 4. The number of carbonyl (C=O) groups is 1. The van der Waals surface area contributed by atoms with Gasteiger partial charge in [0.25, 0.3) is 5.91 Å². The van der Waals surface area contributed by atoms with Crippen LogP contribution in [0.1, 0.15) is 16.9 Å². The van der Waals surface area contributed by atoms with Crippen LogP contribution in [-0.4, -0.2) is 42.5 Å². The quantitative estimate of drug-likeness (QED) is 0.906. The van der Waals surface area contributed by atoms with Crippen molar-refractivity contribution in [1.82, 2.24) is 15.2 Å². The van der Waals surface area contributed by atoms with Gasteiger partial charge in [-0.3, -0.25) is 4.79 Å². The Hall–Kier alpha value is -1.08. The molecule has 3 heterocycles. The molecule has 0 radical (unpaired) electrons. The molecule has 1 aliphatic rings. The van der Waals surface area contributed by atoms with Gasteiger partial charge in [0.1, 0.15) is 17.0 Å². The molecule has 22 heavy (non-hydrogen) atoms. The van der Waals surface area contributed by atoms with E-state index in [-0.39, 0.29) is 30.7 Å². The highest BCUT2D eigenvalue weighted by Crippen LogP contribution is 2.25. The number of hydrogen-bond acceptors (Lipinski definition) is 5. The van der Waals surface area contributed by atoms with Crippen LogP contribution in [0.15, 0.2) is 28.4 Å². The summed E-state index contributed by atoms with van der Waals surface area (Å²) in [5.74, 6) is 0.588. The van der Waals surface area contributed by atoms with Gasteiger partial charge in [0.2, 0.25) is 0 Å². The van der Waals surface area contributed by atoms with Gasteiger partial charge >= 0.3 is 0 Å². The van der Waals surface area contributed by atoms with E-state index in [4.69, 9.17) is 4.42 Å². The second-order valence-corrected chi connectivity index (χ2v) is 5.87. The van der Waals surface area contributed by atoms with Gasteiger partial charge in [-0.05, 0) is 32.0 Å². The lowest BCUT2D eigenvalue weighted by atomic mass is 10.1. The van der Waals surface area contributed by atoms with Crippen LogP contribution in [0, 0.1) is 5.92 Å². The van der Waals surface area contributed by atoms with Crippen LogP contribution in [0.4, 0.5) is 0 Å². The molecule has 1 unspecified atom stereocenters. The molecule has 2 aromatic heterocycles. The van der Waals surface area contributed by atoms with Crippen LogP contribution < -0.4 is 5.32 Å². The van der Waals surface area contributed by atoms with Crippen molar-refractivity contribution < 1.29 is 9.21 Å². The molecular weight excluding hydrogens is 345 g/mol. The molecule has 0 aliphatic carbocycles. The number of hydrogen-bond donors (Lipinski definition) is 1. The predicted molar refractivity (Wildman–Crippen MR) is 92.2 cm³/mol. The molecule has 2 aromatic rings. The Balaban J connectivity index is 0.00000121. The monoisotopic (exact) mass is 363 g/mol. The maximum Gasteiger partial charge on any atom is 0.273 e. The number of thiazole rings is 1. The van der Waals surface area contributed by atoms with E-state index in [0.717, 1.165) is 36.6 Å². The minimum Gasteiger partial charge on any atom is -0.472 e. The summed E-state index contributed by atoms with van der Waals surface area (Å²) >= 11 is 1.47. The van der Waals surface area contributed by atoms with E-state index in [2.05, 4.69) is 10.3 Å². The molecular formula is C14H19Cl2N3O2S. The summed E-state index contributed by atoms with van der Waals surface area (Å²) in [6, 6.07) is 1.85. The number of halogens is 2. The number of furan rings is 1. The van der Waals surface area contributed by atoms with E-state index in [1.54, 1.807) is 12.5 Å². The Labute approximate surface area is 145 Å². The highest BCUT2D eigenvalue weighted by atomic mass is 35.5. The molecule has 0 bridgehead atoms. The van der Waals surface area contributed by atoms with Crippen molar-refractivity contribution in [3.8, 4) is 10.6 Å². The summed E-state index contributed by atoms with van der Waals surface area (Å²) in [4.78, 5) is 18.7. The normalized spacial score (nSPS) is 17.0. The molecule has 0 aromatic carbocycles. The average Bonchev–Trinajstić information content (AvgIpc) is 3.19. The zero-order chi connectivity index (χ0) is 13.9. The fourth-order valence-electron chi connectivity index (χ4n) is 2.53. The molecule has 1 aliphatic heterocycles. The first-order valence-corrected chi connectivity index (χ1v) is 7.58. The van der Waals surface area contributed by atoms with Crippen LogP contribution >= 0.6 is 36.2 Å². The third kappa shape index (κ3) is 4.01. The molecule has 5 nitrogen and oxygen atoms in total. The summed E-state index contributed by atoms with van der Waals surface area (Å²) < 4.78 is 5.04. The number of likely N-dealkylation sites (tertiary alicyclic amines) is 1. The fourth-order valence-corrected chi connectivity index (χ4v) is 3.31. The first kappa shape index (κ1) is 19.0. The Morgan fingerprint density at radius 2 is 2.36 bits per heavy atom. The minimum absolute atomic E-state index is 0. The molecule has 122 valence electrons. The van der Waals surface area contributed by atoms with Gasteiger partial charge < -0.3 is 14.6 Å². The lowest BCUT2D eigenvalue weighted by Crippen LogP contribution is -2.30. The molecule has 0 spiro atoms. The number of nitrogens with one attached hydrogen (secondary N) is 1. The maximum absolute atomic E-state index is 12.4. The fraction of sp³-hybridized carbons (Fsp3) is 0.429. The van der Waals surface area contributed by atoms with Crippen LogP contribution in [0.3, 0.4) is 0 Å². The SMILES string of the molecule is CNCC1CCN(C(=O)c2csc(-c3ccoc3)n2)C1.Cl.Cl. The Morgan fingerprint density at radius 1 is 1.55 bits per heavy atom. The van der Waals surface area contributed by atoms with Gasteiger partial charge in [-0.15, -0.1) is 36.2 Å². The van der Waals surface area contributed by atoms with Crippen molar-refractivity contribution >= 4 is 42.1 Å². The molecule has 1 atom stereocenters. The van der Waals surface area contributed by atoms with Gasteiger partial charge in [-0.2, -0.15) is 0 Å². The van der Waals surface area contributed by atoms with E-state index in [1.165, 1.54) is 11.3 Å². The van der Waals surface area contributed by atoms with Crippen molar-refractivity contribution in [1.29, 1.82) is 0 Å². The lowest BCUT2D eigenvalue weighted by molar-refractivity contribution is 0.0782. The van der Waals surface area contributed by atoms with Gasteiger partial charge in [0, 0.05) is 24.0 Å². The molecule has 1 N–H and O–H groups in total. The highest BCUT2D eigenvalue weighted by molar-refractivity contribution is 7.13.